The zero-order chi connectivity index (χ0) is 31.7. The molecule has 0 radical (unpaired) electrons. The molecule has 3 aliphatic rings. The Morgan fingerprint density at radius 1 is 1.12 bits per heavy atom. The Kier molecular flexibility index (Phi) is 9.83. The summed E-state index contributed by atoms with van der Waals surface area (Å²) in [5, 5.41) is 30.1. The van der Waals surface area contributed by atoms with Crippen molar-refractivity contribution in [2.75, 3.05) is 7.11 Å². The Bertz CT molecular complexity index is 1200. The molecule has 11 heteroatoms. The minimum absolute atomic E-state index is 0.0126. The lowest BCUT2D eigenvalue weighted by Crippen LogP contribution is -2.65. The molecule has 2 fully saturated rings. The number of hydrogen-bond acceptors (Lipinski definition) is 11. The molecule has 3 N–H and O–H groups in total. The highest BCUT2D eigenvalue weighted by Gasteiger charge is 2.64. The van der Waals surface area contributed by atoms with Crippen molar-refractivity contribution < 1.29 is 53.6 Å². The fourth-order valence-corrected chi connectivity index (χ4v) is 6.78. The van der Waals surface area contributed by atoms with Gasteiger partial charge in [0.25, 0.3) is 0 Å². The Morgan fingerprint density at radius 3 is 2.47 bits per heavy atom. The van der Waals surface area contributed by atoms with Crippen molar-refractivity contribution in [2.45, 2.75) is 116 Å². The quantitative estimate of drug-likeness (QED) is 0.213. The van der Waals surface area contributed by atoms with Crippen LogP contribution in [0, 0.1) is 17.3 Å². The maximum atomic E-state index is 13.2. The monoisotopic (exact) mass is 606 g/mol. The molecule has 3 aliphatic heterocycles. The van der Waals surface area contributed by atoms with Gasteiger partial charge in [-0.3, -0.25) is 10.1 Å². The van der Waals surface area contributed by atoms with E-state index < -0.39 is 53.2 Å². The van der Waals surface area contributed by atoms with Crippen LogP contribution in [0.15, 0.2) is 36.1 Å². The van der Waals surface area contributed by atoms with E-state index in [2.05, 4.69) is 6.92 Å². The molecule has 11 nitrogen and oxygen atoms in total. The van der Waals surface area contributed by atoms with Crippen molar-refractivity contribution in [1.82, 2.24) is 0 Å². The van der Waals surface area contributed by atoms with Gasteiger partial charge in [-0.05, 0) is 56.7 Å². The summed E-state index contributed by atoms with van der Waals surface area (Å²) in [6.45, 7) is 10.9. The van der Waals surface area contributed by atoms with Gasteiger partial charge >= 0.3 is 11.9 Å². The number of phenols is 1. The summed E-state index contributed by atoms with van der Waals surface area (Å²) in [6, 6.07) is 6.98. The molecule has 2 saturated heterocycles. The van der Waals surface area contributed by atoms with Crippen LogP contribution < -0.4 is 0 Å². The van der Waals surface area contributed by atoms with Crippen LogP contribution in [0.3, 0.4) is 0 Å². The largest absolute Gasteiger partial charge is 0.508 e. The zero-order valence-electron chi connectivity index (χ0n) is 26.1. The van der Waals surface area contributed by atoms with Crippen molar-refractivity contribution in [3.05, 3.63) is 41.7 Å². The molecule has 1 spiro atoms. The molecule has 43 heavy (non-hydrogen) atoms. The number of aliphatic hydroxyl groups is 1. The number of phenolic OH excluding ortho intramolecular Hbond substituents is 1. The molecule has 1 aromatic rings. The summed E-state index contributed by atoms with van der Waals surface area (Å²) in [5.74, 6) is -2.93. The molecule has 0 aliphatic carbocycles. The van der Waals surface area contributed by atoms with Crippen LogP contribution in [0.1, 0.15) is 85.3 Å². The number of cyclic esters (lactones) is 1. The van der Waals surface area contributed by atoms with Crippen LogP contribution in [0.5, 0.6) is 5.75 Å². The molecule has 1 aromatic carbocycles. The van der Waals surface area contributed by atoms with Crippen LogP contribution in [-0.2, 0) is 38.2 Å². The Hall–Kier alpha value is -2.70. The predicted octanol–water partition coefficient (Wildman–Crippen LogP) is 4.80. The van der Waals surface area contributed by atoms with E-state index in [1.54, 1.807) is 32.2 Å². The predicted molar refractivity (Wildman–Crippen MR) is 153 cm³/mol. The summed E-state index contributed by atoms with van der Waals surface area (Å²) in [7, 11) is 1.63. The highest BCUT2D eigenvalue weighted by molar-refractivity contribution is 5.83. The highest BCUT2D eigenvalue weighted by Crippen LogP contribution is 2.57. The summed E-state index contributed by atoms with van der Waals surface area (Å²) in [5.41, 5.74) is -1.32. The lowest BCUT2D eigenvalue weighted by atomic mass is 9.66. The maximum absolute atomic E-state index is 13.2. The zero-order valence-corrected chi connectivity index (χ0v) is 26.1. The van der Waals surface area contributed by atoms with E-state index in [0.717, 1.165) is 11.6 Å². The summed E-state index contributed by atoms with van der Waals surface area (Å²) in [4.78, 5) is 31.0. The third-order valence-electron chi connectivity index (χ3n) is 9.39. The molecule has 3 bridgehead atoms. The second kappa shape index (κ2) is 12.7. The number of hydrogen-bond donors (Lipinski definition) is 3. The van der Waals surface area contributed by atoms with Gasteiger partial charge in [-0.1, -0.05) is 39.8 Å². The van der Waals surface area contributed by atoms with Gasteiger partial charge < -0.3 is 33.9 Å². The average molecular weight is 607 g/mol. The minimum atomic E-state index is -1.40. The molecular formula is C32H46O11. The highest BCUT2D eigenvalue weighted by atomic mass is 17.1. The average Bonchev–Trinajstić information content (AvgIpc) is 2.92. The first-order chi connectivity index (χ1) is 20.1. The molecule has 9 atom stereocenters. The SMILES string of the molecule is CO[C@@H](CC[C@H](C)[C@H]1O[C@]23C[C@H](OC(=O)C[C@H]([C@@H](C)O)OC(=O)/C=C(\O2)[C@@](C)(OO)CC3(C)C)[C@@H]1C)c1cccc(O)c1. The molecule has 4 rings (SSSR count). The fraction of sp³-hybridized carbons (Fsp3) is 0.688. The number of fused-ring (bicyclic) bond motifs is 2. The van der Waals surface area contributed by atoms with Gasteiger partial charge in [0.15, 0.2) is 5.60 Å². The van der Waals surface area contributed by atoms with Crippen molar-refractivity contribution in [3.8, 4) is 5.75 Å². The molecule has 0 amide bonds. The lowest BCUT2D eigenvalue weighted by Gasteiger charge is -2.59. The fourth-order valence-electron chi connectivity index (χ4n) is 6.78. The van der Waals surface area contributed by atoms with Crippen molar-refractivity contribution in [2.24, 2.45) is 17.3 Å². The summed E-state index contributed by atoms with van der Waals surface area (Å²) < 4.78 is 30.6. The molecule has 0 aromatic heterocycles. The number of benzene rings is 1. The summed E-state index contributed by atoms with van der Waals surface area (Å²) in [6.07, 6.45) is -1.14. The van der Waals surface area contributed by atoms with Crippen LogP contribution in [-0.4, -0.2) is 70.3 Å². The number of ether oxygens (including phenoxy) is 5. The van der Waals surface area contributed by atoms with Gasteiger partial charge in [0, 0.05) is 18.4 Å². The Balaban J connectivity index is 1.70. The first-order valence-corrected chi connectivity index (χ1v) is 14.9. The lowest BCUT2D eigenvalue weighted by molar-refractivity contribution is -0.403. The molecule has 0 saturated carbocycles. The number of rotatable bonds is 8. The number of aliphatic hydroxyl groups excluding tert-OH is 1. The topological polar surface area (TPSA) is 150 Å². The van der Waals surface area contributed by atoms with Gasteiger partial charge in [-0.15, -0.1) is 0 Å². The van der Waals surface area contributed by atoms with E-state index in [4.69, 9.17) is 28.6 Å². The second-order valence-corrected chi connectivity index (χ2v) is 13.2. The van der Waals surface area contributed by atoms with Crippen LogP contribution in [0.25, 0.3) is 0 Å². The van der Waals surface area contributed by atoms with Crippen molar-refractivity contribution in [1.29, 1.82) is 0 Å². The van der Waals surface area contributed by atoms with Gasteiger partial charge in [-0.2, -0.15) is 0 Å². The van der Waals surface area contributed by atoms with E-state index in [-0.39, 0.29) is 48.7 Å². The minimum Gasteiger partial charge on any atom is -0.508 e. The molecule has 0 unspecified atom stereocenters. The normalized spacial score (nSPS) is 35.9. The molecule has 3 heterocycles. The Morgan fingerprint density at radius 2 is 1.84 bits per heavy atom. The van der Waals surface area contributed by atoms with Crippen LogP contribution in [0.2, 0.25) is 0 Å². The Labute approximate surface area is 253 Å². The first-order valence-electron chi connectivity index (χ1n) is 14.9. The third kappa shape index (κ3) is 6.86. The number of esters is 2. The molecular weight excluding hydrogens is 560 g/mol. The van der Waals surface area contributed by atoms with E-state index in [1.165, 1.54) is 6.92 Å². The van der Waals surface area contributed by atoms with Gasteiger partial charge in [0.1, 0.15) is 23.7 Å². The summed E-state index contributed by atoms with van der Waals surface area (Å²) >= 11 is 0. The third-order valence-corrected chi connectivity index (χ3v) is 9.39. The van der Waals surface area contributed by atoms with E-state index >= 15 is 0 Å². The van der Waals surface area contributed by atoms with Gasteiger partial charge in [-0.25, -0.2) is 9.68 Å². The van der Waals surface area contributed by atoms with Crippen LogP contribution in [0.4, 0.5) is 0 Å². The number of methoxy groups -OCH3 is 1. The van der Waals surface area contributed by atoms with Crippen LogP contribution >= 0.6 is 0 Å². The standard InChI is InChI=1S/C32H46O11/c1-18(11-12-23(38-7)21-9-8-10-22(34)13-21)29-19(2)25-16-32(42-29)30(4,5)17-31(6,43-37)26(41-32)15-28(36)39-24(20(3)33)14-27(35)40-25/h8-10,13,15,18-20,23-25,29,33-34,37H,11-12,14,16-17H2,1-7H3/b26-15-/t18-,19-,20+,23-,24+,25-,29+,31-,32-/m0/s1. The number of carbonyl (C=O) groups excluding carboxylic acids is 2. The second-order valence-electron chi connectivity index (χ2n) is 13.2. The van der Waals surface area contributed by atoms with E-state index in [9.17, 15) is 25.1 Å². The van der Waals surface area contributed by atoms with Crippen molar-refractivity contribution >= 4 is 11.9 Å². The van der Waals surface area contributed by atoms with Crippen molar-refractivity contribution in [3.63, 3.8) is 0 Å². The number of carbonyl (C=O) groups is 2. The number of aromatic hydroxyl groups is 1. The van der Waals surface area contributed by atoms with Gasteiger partial charge in [0.2, 0.25) is 5.79 Å². The van der Waals surface area contributed by atoms with E-state index in [0.29, 0.717) is 12.8 Å². The van der Waals surface area contributed by atoms with E-state index in [1.807, 2.05) is 26.8 Å². The maximum Gasteiger partial charge on any atom is 0.334 e. The van der Waals surface area contributed by atoms with Gasteiger partial charge in [0.05, 0.1) is 37.2 Å². The molecule has 240 valence electrons. The smallest absolute Gasteiger partial charge is 0.334 e. The first kappa shape index (κ1) is 33.2.